The largest absolute Gasteiger partial charge is 0.289 e. The lowest BCUT2D eigenvalue weighted by atomic mass is 10.2. The summed E-state index contributed by atoms with van der Waals surface area (Å²) in [6.07, 6.45) is 1.28. The molecule has 2 N–H and O–H groups in total. The molecule has 0 bridgehead atoms. The average molecular weight is 349 g/mol. The Morgan fingerprint density at radius 1 is 1.30 bits per heavy atom. The Morgan fingerprint density at radius 3 is 2.80 bits per heavy atom. The second-order valence-electron chi connectivity index (χ2n) is 3.78. The fourth-order valence-corrected chi connectivity index (χ4v) is 4.18. The summed E-state index contributed by atoms with van der Waals surface area (Å²) in [7, 11) is -3.80. The van der Waals surface area contributed by atoms with Gasteiger partial charge in [0.2, 0.25) is 4.34 Å². The first-order chi connectivity index (χ1) is 9.47. The molecular weight excluding hydrogens is 343 g/mol. The molecule has 0 aliphatic carbocycles. The van der Waals surface area contributed by atoms with Gasteiger partial charge in [0.15, 0.2) is 0 Å². The molecule has 0 saturated heterocycles. The molecule has 3 rings (SSSR count). The predicted octanol–water partition coefficient (Wildman–Crippen LogP) is 3.13. The van der Waals surface area contributed by atoms with Crippen molar-refractivity contribution in [3.8, 4) is 0 Å². The van der Waals surface area contributed by atoms with Crippen molar-refractivity contribution < 1.29 is 8.42 Å². The van der Waals surface area contributed by atoms with Gasteiger partial charge in [-0.05, 0) is 12.1 Å². The molecule has 20 heavy (non-hydrogen) atoms. The highest BCUT2D eigenvalue weighted by Crippen LogP contribution is 2.29. The van der Waals surface area contributed by atoms with E-state index >= 15 is 0 Å². The minimum atomic E-state index is -3.80. The maximum atomic E-state index is 12.2. The third-order valence-electron chi connectivity index (χ3n) is 2.47. The number of hydrogen-bond acceptors (Lipinski definition) is 5. The van der Waals surface area contributed by atoms with Gasteiger partial charge in [-0.2, -0.15) is 13.5 Å². The maximum Gasteiger partial charge on any atom is 0.289 e. The van der Waals surface area contributed by atoms with Crippen LogP contribution >= 0.6 is 34.5 Å². The molecule has 10 heteroatoms. The molecule has 104 valence electrons. The second kappa shape index (κ2) is 4.88. The average Bonchev–Trinajstić information content (AvgIpc) is 2.98. The highest BCUT2D eigenvalue weighted by atomic mass is 35.5. The van der Waals surface area contributed by atoms with Gasteiger partial charge in [-0.15, -0.1) is 0 Å². The van der Waals surface area contributed by atoms with Crippen molar-refractivity contribution in [2.45, 2.75) is 4.34 Å². The summed E-state index contributed by atoms with van der Waals surface area (Å²) in [4.78, 5) is 3.75. The highest BCUT2D eigenvalue weighted by molar-refractivity contribution is 7.94. The zero-order chi connectivity index (χ0) is 14.3. The van der Waals surface area contributed by atoms with Crippen LogP contribution in [0.15, 0.2) is 28.7 Å². The van der Waals surface area contributed by atoms with Crippen LogP contribution in [0.3, 0.4) is 0 Å². The Labute approximate surface area is 127 Å². The maximum absolute atomic E-state index is 12.2. The summed E-state index contributed by atoms with van der Waals surface area (Å²) >= 11 is 12.5. The molecule has 6 nitrogen and oxygen atoms in total. The third kappa shape index (κ3) is 2.35. The molecule has 0 aliphatic heterocycles. The van der Waals surface area contributed by atoms with Gasteiger partial charge in [-0.25, -0.2) is 4.98 Å². The van der Waals surface area contributed by atoms with Crippen LogP contribution in [0.25, 0.3) is 10.9 Å². The lowest BCUT2D eigenvalue weighted by molar-refractivity contribution is 0.600. The van der Waals surface area contributed by atoms with E-state index in [1.165, 1.54) is 6.20 Å². The number of hydrogen-bond donors (Lipinski definition) is 2. The van der Waals surface area contributed by atoms with Gasteiger partial charge < -0.3 is 0 Å². The van der Waals surface area contributed by atoms with E-state index in [-0.39, 0.29) is 4.34 Å². The molecular formula is C10H6Cl2N4O2S2. The number of aromatic amines is 1. The van der Waals surface area contributed by atoms with Crippen LogP contribution < -0.4 is 4.72 Å². The molecule has 0 unspecified atom stereocenters. The third-order valence-corrected chi connectivity index (χ3v) is 5.63. The molecule has 0 saturated carbocycles. The summed E-state index contributed by atoms with van der Waals surface area (Å²) in [5, 5.41) is 7.54. The number of sulfonamides is 1. The van der Waals surface area contributed by atoms with E-state index in [1.54, 1.807) is 18.2 Å². The Balaban J connectivity index is 2.05. The number of halogens is 2. The van der Waals surface area contributed by atoms with Crippen LogP contribution in [0.4, 0.5) is 5.69 Å². The summed E-state index contributed by atoms with van der Waals surface area (Å²) in [5.74, 6) is 0. The van der Waals surface area contributed by atoms with Crippen molar-refractivity contribution in [3.63, 3.8) is 0 Å². The van der Waals surface area contributed by atoms with Gasteiger partial charge in [-0.3, -0.25) is 9.82 Å². The molecule has 3 aromatic rings. The van der Waals surface area contributed by atoms with Crippen molar-refractivity contribution in [1.82, 2.24) is 15.2 Å². The number of H-pyrrole nitrogens is 1. The van der Waals surface area contributed by atoms with E-state index in [2.05, 4.69) is 19.9 Å². The topological polar surface area (TPSA) is 87.7 Å². The zero-order valence-electron chi connectivity index (χ0n) is 9.59. The van der Waals surface area contributed by atoms with Crippen LogP contribution in [0.2, 0.25) is 9.49 Å². The molecule has 0 fully saturated rings. The van der Waals surface area contributed by atoms with E-state index in [4.69, 9.17) is 23.2 Å². The van der Waals surface area contributed by atoms with E-state index < -0.39 is 10.0 Å². The number of para-hydroxylation sites is 1. The molecule has 0 spiro atoms. The van der Waals surface area contributed by atoms with Crippen LogP contribution in [-0.4, -0.2) is 23.6 Å². The van der Waals surface area contributed by atoms with Crippen molar-refractivity contribution in [2.75, 3.05) is 4.72 Å². The number of fused-ring (bicyclic) bond motifs is 1. The quantitative estimate of drug-likeness (QED) is 0.760. The summed E-state index contributed by atoms with van der Waals surface area (Å²) in [5.41, 5.74) is 0.751. The van der Waals surface area contributed by atoms with E-state index in [1.807, 2.05) is 0 Å². The summed E-state index contributed by atoms with van der Waals surface area (Å²) in [6, 6.07) is 5.00. The lowest BCUT2D eigenvalue weighted by Gasteiger charge is -2.05. The number of benzene rings is 1. The van der Waals surface area contributed by atoms with Crippen LogP contribution in [0, 0.1) is 0 Å². The zero-order valence-corrected chi connectivity index (χ0v) is 12.7. The van der Waals surface area contributed by atoms with E-state index in [0.29, 0.717) is 26.1 Å². The van der Waals surface area contributed by atoms with Gasteiger partial charge in [0, 0.05) is 5.39 Å². The van der Waals surface area contributed by atoms with Gasteiger partial charge in [0.25, 0.3) is 10.0 Å². The molecule has 0 radical (unpaired) electrons. The van der Waals surface area contributed by atoms with Crippen molar-refractivity contribution in [2.24, 2.45) is 0 Å². The Hall–Kier alpha value is -1.35. The Morgan fingerprint density at radius 2 is 2.10 bits per heavy atom. The summed E-state index contributed by atoms with van der Waals surface area (Å²) < 4.78 is 27.0. The minimum Gasteiger partial charge on any atom is -0.275 e. The van der Waals surface area contributed by atoms with Crippen LogP contribution in [-0.2, 0) is 10.0 Å². The Bertz CT molecular complexity index is 888. The first kappa shape index (κ1) is 13.6. The van der Waals surface area contributed by atoms with Gasteiger partial charge in [-0.1, -0.05) is 40.6 Å². The normalized spacial score (nSPS) is 11.9. The monoisotopic (exact) mass is 348 g/mol. The second-order valence-corrected chi connectivity index (χ2v) is 7.67. The number of thiazole rings is 1. The fourth-order valence-electron chi connectivity index (χ4n) is 1.64. The van der Waals surface area contributed by atoms with Crippen LogP contribution in [0.5, 0.6) is 0 Å². The fraction of sp³-hybridized carbons (Fsp3) is 0. The first-order valence-electron chi connectivity index (χ1n) is 5.24. The Kier molecular flexibility index (Phi) is 3.33. The van der Waals surface area contributed by atoms with Crippen molar-refractivity contribution in [3.05, 3.63) is 33.9 Å². The van der Waals surface area contributed by atoms with Gasteiger partial charge >= 0.3 is 0 Å². The summed E-state index contributed by atoms with van der Waals surface area (Å²) in [6.45, 7) is 0. The first-order valence-corrected chi connectivity index (χ1v) is 8.30. The van der Waals surface area contributed by atoms with Gasteiger partial charge in [0.1, 0.15) is 15.0 Å². The number of nitrogens with one attached hydrogen (secondary N) is 2. The smallest absolute Gasteiger partial charge is 0.275 e. The van der Waals surface area contributed by atoms with Crippen molar-refractivity contribution >= 4 is 61.2 Å². The number of rotatable bonds is 3. The molecule has 0 atom stereocenters. The molecule has 0 amide bonds. The van der Waals surface area contributed by atoms with Crippen LogP contribution in [0.1, 0.15) is 0 Å². The highest BCUT2D eigenvalue weighted by Gasteiger charge is 2.20. The SMILES string of the molecule is O=S(=O)(Nc1cccc2c(Cl)[nH]nc12)c1ncc(Cl)s1. The van der Waals surface area contributed by atoms with Gasteiger partial charge in [0.05, 0.1) is 11.9 Å². The number of nitrogens with zero attached hydrogens (tertiary/aromatic N) is 2. The predicted molar refractivity (Wildman–Crippen MR) is 79.0 cm³/mol. The number of aromatic nitrogens is 3. The lowest BCUT2D eigenvalue weighted by Crippen LogP contribution is -2.12. The molecule has 2 heterocycles. The molecule has 0 aliphatic rings. The van der Waals surface area contributed by atoms with Crippen molar-refractivity contribution in [1.29, 1.82) is 0 Å². The standard InChI is InChI=1S/C10H6Cl2N4O2S2/c11-7-4-13-10(19-7)20(17,18)16-6-3-1-2-5-8(6)14-15-9(5)12/h1-4,16H,(H,14,15). The number of anilines is 1. The minimum absolute atomic E-state index is 0.110. The van der Waals surface area contributed by atoms with E-state index in [9.17, 15) is 8.42 Å². The van der Waals surface area contributed by atoms with E-state index in [0.717, 1.165) is 11.3 Å². The molecule has 2 aromatic heterocycles. The molecule has 1 aromatic carbocycles.